The predicted octanol–water partition coefficient (Wildman–Crippen LogP) is 4.65. The number of benzene rings is 2. The molecule has 122 valence electrons. The normalized spacial score (nSPS) is 10.5. The molecular weight excluding hydrogens is 349 g/mol. The van der Waals surface area contributed by atoms with E-state index in [9.17, 15) is 13.6 Å². The highest BCUT2D eigenvalue weighted by molar-refractivity contribution is 6.42. The van der Waals surface area contributed by atoms with Crippen LogP contribution in [0.25, 0.3) is 0 Å². The van der Waals surface area contributed by atoms with Crippen LogP contribution in [0.5, 0.6) is 5.75 Å². The maximum atomic E-state index is 12.3. The van der Waals surface area contributed by atoms with Crippen LogP contribution in [0.1, 0.15) is 0 Å². The molecule has 1 amide bonds. The molecule has 0 atom stereocenters. The maximum absolute atomic E-state index is 12.3. The van der Waals surface area contributed by atoms with Gasteiger partial charge in [-0.15, -0.1) is 0 Å². The number of halogens is 4. The molecule has 0 aliphatic heterocycles. The van der Waals surface area contributed by atoms with Crippen molar-refractivity contribution in [3.8, 4) is 5.75 Å². The molecule has 2 aromatic carbocycles. The SMILES string of the molecule is O=C(CNc1ccc(Cl)c(Cl)c1)Nc1ccccc1OC(F)F. The molecule has 8 heteroatoms. The summed E-state index contributed by atoms with van der Waals surface area (Å²) in [5, 5.41) is 6.10. The lowest BCUT2D eigenvalue weighted by atomic mass is 10.3. The number of rotatable bonds is 6. The number of ether oxygens (including phenoxy) is 1. The minimum atomic E-state index is -2.97. The molecule has 2 aromatic rings. The fraction of sp³-hybridized carbons (Fsp3) is 0.133. The molecule has 0 saturated carbocycles. The molecular formula is C15H12Cl2F2N2O2. The van der Waals surface area contributed by atoms with Gasteiger partial charge in [-0.1, -0.05) is 35.3 Å². The van der Waals surface area contributed by atoms with Crippen LogP contribution in [0.4, 0.5) is 20.2 Å². The Morgan fingerprint density at radius 3 is 2.57 bits per heavy atom. The average molecular weight is 361 g/mol. The van der Waals surface area contributed by atoms with E-state index in [1.807, 2.05) is 0 Å². The molecule has 0 heterocycles. The number of alkyl halides is 2. The summed E-state index contributed by atoms with van der Waals surface area (Å²) in [6.45, 7) is -3.05. The fourth-order valence-electron chi connectivity index (χ4n) is 1.75. The van der Waals surface area contributed by atoms with E-state index < -0.39 is 12.5 Å². The van der Waals surface area contributed by atoms with Crippen molar-refractivity contribution in [2.75, 3.05) is 17.2 Å². The molecule has 0 unspecified atom stereocenters. The number of nitrogens with one attached hydrogen (secondary N) is 2. The summed E-state index contributed by atoms with van der Waals surface area (Å²) in [6.07, 6.45) is 0. The van der Waals surface area contributed by atoms with Crippen molar-refractivity contribution in [1.82, 2.24) is 0 Å². The first-order valence-corrected chi connectivity index (χ1v) is 7.24. The smallest absolute Gasteiger partial charge is 0.387 e. The molecule has 0 radical (unpaired) electrons. The Morgan fingerprint density at radius 2 is 1.87 bits per heavy atom. The standard InChI is InChI=1S/C15H12Cl2F2N2O2/c16-10-6-5-9(7-11(10)17)20-8-14(22)21-12-3-1-2-4-13(12)23-15(18)19/h1-7,15,20H,8H2,(H,21,22). The van der Waals surface area contributed by atoms with E-state index in [1.54, 1.807) is 24.3 Å². The van der Waals surface area contributed by atoms with Gasteiger partial charge in [-0.25, -0.2) is 0 Å². The van der Waals surface area contributed by atoms with Gasteiger partial charge in [0.1, 0.15) is 5.75 Å². The number of carbonyl (C=O) groups is 1. The molecule has 0 saturated heterocycles. The van der Waals surface area contributed by atoms with Gasteiger partial charge in [0.15, 0.2) is 0 Å². The zero-order valence-corrected chi connectivity index (χ0v) is 13.2. The number of hydrogen-bond donors (Lipinski definition) is 2. The van der Waals surface area contributed by atoms with E-state index in [4.69, 9.17) is 23.2 Å². The first-order valence-electron chi connectivity index (χ1n) is 6.48. The highest BCUT2D eigenvalue weighted by Crippen LogP contribution is 2.26. The summed E-state index contributed by atoms with van der Waals surface area (Å²) < 4.78 is 29.0. The van der Waals surface area contributed by atoms with Crippen LogP contribution >= 0.6 is 23.2 Å². The monoisotopic (exact) mass is 360 g/mol. The highest BCUT2D eigenvalue weighted by Gasteiger charge is 2.11. The van der Waals surface area contributed by atoms with Crippen molar-refractivity contribution in [2.45, 2.75) is 6.61 Å². The van der Waals surface area contributed by atoms with Gasteiger partial charge in [0.2, 0.25) is 5.91 Å². The fourth-order valence-corrected chi connectivity index (χ4v) is 2.05. The Morgan fingerprint density at radius 1 is 1.13 bits per heavy atom. The predicted molar refractivity (Wildman–Crippen MR) is 86.7 cm³/mol. The lowest BCUT2D eigenvalue weighted by Gasteiger charge is -2.12. The Labute approximate surface area is 141 Å². The molecule has 2 N–H and O–H groups in total. The van der Waals surface area contributed by atoms with Crippen LogP contribution in [0.3, 0.4) is 0 Å². The zero-order valence-electron chi connectivity index (χ0n) is 11.7. The summed E-state index contributed by atoms with van der Waals surface area (Å²) >= 11 is 11.7. The maximum Gasteiger partial charge on any atom is 0.387 e. The van der Waals surface area contributed by atoms with Gasteiger partial charge in [0.25, 0.3) is 0 Å². The van der Waals surface area contributed by atoms with Crippen molar-refractivity contribution in [1.29, 1.82) is 0 Å². The second kappa shape index (κ2) is 7.99. The van der Waals surface area contributed by atoms with Gasteiger partial charge < -0.3 is 15.4 Å². The van der Waals surface area contributed by atoms with Crippen LogP contribution in [0, 0.1) is 0 Å². The molecule has 0 aliphatic rings. The summed E-state index contributed by atoms with van der Waals surface area (Å²) in [5.74, 6) is -0.535. The Kier molecular flexibility index (Phi) is 6.01. The summed E-state index contributed by atoms with van der Waals surface area (Å²) in [7, 11) is 0. The summed E-state index contributed by atoms with van der Waals surface area (Å²) in [5.41, 5.74) is 0.764. The van der Waals surface area contributed by atoms with Crippen molar-refractivity contribution < 1.29 is 18.3 Å². The first kappa shape index (κ1) is 17.3. The zero-order chi connectivity index (χ0) is 16.8. The highest BCUT2D eigenvalue weighted by atomic mass is 35.5. The molecule has 4 nitrogen and oxygen atoms in total. The summed E-state index contributed by atoms with van der Waals surface area (Å²) in [6, 6.07) is 10.8. The Balaban J connectivity index is 1.96. The first-order chi connectivity index (χ1) is 11.0. The topological polar surface area (TPSA) is 50.4 Å². The molecule has 0 bridgehead atoms. The number of amides is 1. The molecule has 0 spiro atoms. The number of anilines is 2. The molecule has 0 fully saturated rings. The van der Waals surface area contributed by atoms with Gasteiger partial charge in [0, 0.05) is 5.69 Å². The van der Waals surface area contributed by atoms with E-state index in [0.717, 1.165) is 0 Å². The van der Waals surface area contributed by atoms with E-state index >= 15 is 0 Å². The average Bonchev–Trinajstić information content (AvgIpc) is 2.50. The van der Waals surface area contributed by atoms with Gasteiger partial charge in [-0.2, -0.15) is 8.78 Å². The van der Waals surface area contributed by atoms with Crippen LogP contribution < -0.4 is 15.4 Å². The molecule has 0 aliphatic carbocycles. The lowest BCUT2D eigenvalue weighted by Crippen LogP contribution is -2.22. The van der Waals surface area contributed by atoms with Gasteiger partial charge >= 0.3 is 6.61 Å². The number of para-hydroxylation sites is 2. The molecule has 2 rings (SSSR count). The lowest BCUT2D eigenvalue weighted by molar-refractivity contribution is -0.114. The summed E-state index contributed by atoms with van der Waals surface area (Å²) in [4.78, 5) is 11.9. The van der Waals surface area contributed by atoms with Crippen molar-refractivity contribution in [3.63, 3.8) is 0 Å². The van der Waals surface area contributed by atoms with Crippen LogP contribution in [0.15, 0.2) is 42.5 Å². The Hall–Kier alpha value is -2.05. The van der Waals surface area contributed by atoms with Crippen molar-refractivity contribution in [3.05, 3.63) is 52.5 Å². The van der Waals surface area contributed by atoms with Crippen molar-refractivity contribution in [2.24, 2.45) is 0 Å². The van der Waals surface area contributed by atoms with E-state index in [-0.39, 0.29) is 18.0 Å². The van der Waals surface area contributed by atoms with E-state index in [2.05, 4.69) is 15.4 Å². The second-order valence-corrected chi connectivity index (χ2v) is 5.22. The molecule has 0 aromatic heterocycles. The molecule has 23 heavy (non-hydrogen) atoms. The van der Waals surface area contributed by atoms with Crippen molar-refractivity contribution >= 4 is 40.5 Å². The third-order valence-electron chi connectivity index (χ3n) is 2.75. The third kappa shape index (κ3) is 5.26. The van der Waals surface area contributed by atoms with Gasteiger partial charge in [0.05, 0.1) is 22.3 Å². The Bertz CT molecular complexity index is 699. The van der Waals surface area contributed by atoms with E-state index in [1.165, 1.54) is 18.2 Å². The van der Waals surface area contributed by atoms with Gasteiger partial charge in [-0.05, 0) is 30.3 Å². The minimum Gasteiger partial charge on any atom is -0.433 e. The van der Waals surface area contributed by atoms with Crippen LogP contribution in [-0.4, -0.2) is 19.1 Å². The quantitative estimate of drug-likeness (QED) is 0.788. The van der Waals surface area contributed by atoms with Crippen LogP contribution in [-0.2, 0) is 4.79 Å². The largest absolute Gasteiger partial charge is 0.433 e. The number of hydrogen-bond acceptors (Lipinski definition) is 3. The number of carbonyl (C=O) groups excluding carboxylic acids is 1. The minimum absolute atomic E-state index is 0.0824. The van der Waals surface area contributed by atoms with Crippen LogP contribution in [0.2, 0.25) is 10.0 Å². The van der Waals surface area contributed by atoms with Gasteiger partial charge in [-0.3, -0.25) is 4.79 Å². The third-order valence-corrected chi connectivity index (χ3v) is 3.49. The second-order valence-electron chi connectivity index (χ2n) is 4.41. The van der Waals surface area contributed by atoms with E-state index in [0.29, 0.717) is 15.7 Å².